The summed E-state index contributed by atoms with van der Waals surface area (Å²) < 4.78 is 10.5. The summed E-state index contributed by atoms with van der Waals surface area (Å²) in [6, 6.07) is 5.83. The molecule has 4 nitrogen and oxygen atoms in total. The summed E-state index contributed by atoms with van der Waals surface area (Å²) in [7, 11) is 3.25. The first-order valence-electron chi connectivity index (χ1n) is 6.72. The number of ether oxygens (including phenoxy) is 2. The van der Waals surface area contributed by atoms with Crippen LogP contribution >= 0.6 is 0 Å². The number of rotatable bonds is 8. The first kappa shape index (κ1) is 15.8. The van der Waals surface area contributed by atoms with E-state index >= 15 is 0 Å². The van der Waals surface area contributed by atoms with Gasteiger partial charge in [0.1, 0.15) is 0 Å². The van der Waals surface area contributed by atoms with Crippen molar-refractivity contribution in [1.29, 1.82) is 0 Å². The van der Waals surface area contributed by atoms with Crippen molar-refractivity contribution in [2.75, 3.05) is 20.8 Å². The van der Waals surface area contributed by atoms with Crippen LogP contribution in [0.3, 0.4) is 0 Å². The van der Waals surface area contributed by atoms with Crippen molar-refractivity contribution in [1.82, 2.24) is 5.32 Å². The highest BCUT2D eigenvalue weighted by Crippen LogP contribution is 2.27. The van der Waals surface area contributed by atoms with Gasteiger partial charge >= 0.3 is 0 Å². The predicted octanol–water partition coefficient (Wildman–Crippen LogP) is 2.34. The van der Waals surface area contributed by atoms with E-state index in [1.807, 2.05) is 32.0 Å². The molecule has 0 saturated carbocycles. The second-order valence-corrected chi connectivity index (χ2v) is 4.72. The highest BCUT2D eigenvalue weighted by Gasteiger charge is 2.21. The summed E-state index contributed by atoms with van der Waals surface area (Å²) in [5.74, 6) is 1.45. The Balaban J connectivity index is 2.59. The van der Waals surface area contributed by atoms with Gasteiger partial charge in [0, 0.05) is 13.1 Å². The lowest BCUT2D eigenvalue weighted by Crippen LogP contribution is -2.39. The Labute approximate surface area is 115 Å². The van der Waals surface area contributed by atoms with Crippen LogP contribution in [0, 0.1) is 0 Å². The summed E-state index contributed by atoms with van der Waals surface area (Å²) >= 11 is 0. The normalized spacial score (nSPS) is 11.4. The van der Waals surface area contributed by atoms with Crippen molar-refractivity contribution in [3.63, 3.8) is 0 Å². The number of benzene rings is 1. The fourth-order valence-electron chi connectivity index (χ4n) is 1.93. The summed E-state index contributed by atoms with van der Waals surface area (Å²) in [5.41, 5.74) is 0.489. The first-order valence-corrected chi connectivity index (χ1v) is 6.72. The van der Waals surface area contributed by atoms with Crippen LogP contribution in [0.5, 0.6) is 11.5 Å². The van der Waals surface area contributed by atoms with Crippen molar-refractivity contribution in [2.24, 2.45) is 0 Å². The van der Waals surface area contributed by atoms with Crippen molar-refractivity contribution in [2.45, 2.75) is 38.8 Å². The van der Waals surface area contributed by atoms with E-state index in [1.165, 1.54) is 0 Å². The molecule has 0 saturated heterocycles. The van der Waals surface area contributed by atoms with Gasteiger partial charge in [0.05, 0.1) is 19.8 Å². The summed E-state index contributed by atoms with van der Waals surface area (Å²) in [6.45, 7) is 5.29. The molecule has 0 aliphatic rings. The smallest absolute Gasteiger partial charge is 0.161 e. The first-order chi connectivity index (χ1) is 9.08. The van der Waals surface area contributed by atoms with E-state index < -0.39 is 5.60 Å². The van der Waals surface area contributed by atoms with Crippen molar-refractivity contribution < 1.29 is 14.6 Å². The predicted molar refractivity (Wildman–Crippen MR) is 76.8 cm³/mol. The molecule has 2 N–H and O–H groups in total. The molecular weight excluding hydrogens is 242 g/mol. The molecule has 0 aromatic heterocycles. The second-order valence-electron chi connectivity index (χ2n) is 4.72. The Bertz CT molecular complexity index is 389. The zero-order chi connectivity index (χ0) is 14.3. The van der Waals surface area contributed by atoms with Crippen LogP contribution in [-0.4, -0.2) is 31.5 Å². The number of hydrogen-bond donors (Lipinski definition) is 2. The summed E-state index contributed by atoms with van der Waals surface area (Å²) in [5, 5.41) is 13.5. The molecule has 0 fully saturated rings. The number of methoxy groups -OCH3 is 2. The minimum atomic E-state index is -0.615. The zero-order valence-electron chi connectivity index (χ0n) is 12.3. The highest BCUT2D eigenvalue weighted by atomic mass is 16.5. The van der Waals surface area contributed by atoms with Gasteiger partial charge in [0.25, 0.3) is 0 Å². The molecule has 0 bridgehead atoms. The number of hydrogen-bond acceptors (Lipinski definition) is 4. The SMILES string of the molecule is CCC(O)(CC)CNCc1ccc(OC)c(OC)c1. The molecular formula is C15H25NO3. The maximum atomic E-state index is 10.2. The van der Waals surface area contributed by atoms with Crippen molar-refractivity contribution in [3.8, 4) is 11.5 Å². The Morgan fingerprint density at radius 3 is 2.26 bits per heavy atom. The molecule has 0 atom stereocenters. The second kappa shape index (κ2) is 7.36. The molecule has 0 heterocycles. The van der Waals surface area contributed by atoms with Crippen LogP contribution in [0.15, 0.2) is 18.2 Å². The van der Waals surface area contributed by atoms with Crippen molar-refractivity contribution in [3.05, 3.63) is 23.8 Å². The quantitative estimate of drug-likeness (QED) is 0.759. The molecule has 0 amide bonds. The Hall–Kier alpha value is -1.26. The van der Waals surface area contributed by atoms with E-state index in [0.29, 0.717) is 13.1 Å². The average molecular weight is 267 g/mol. The van der Waals surface area contributed by atoms with Gasteiger partial charge in [-0.25, -0.2) is 0 Å². The lowest BCUT2D eigenvalue weighted by atomic mass is 9.97. The molecule has 19 heavy (non-hydrogen) atoms. The van der Waals surface area contributed by atoms with Crippen molar-refractivity contribution >= 4 is 0 Å². The third-order valence-corrected chi connectivity index (χ3v) is 3.55. The highest BCUT2D eigenvalue weighted by molar-refractivity contribution is 5.42. The van der Waals surface area contributed by atoms with Crippen LogP contribution in [0.2, 0.25) is 0 Å². The van der Waals surface area contributed by atoms with Crippen LogP contribution < -0.4 is 14.8 Å². The molecule has 1 aromatic rings. The Morgan fingerprint density at radius 1 is 1.11 bits per heavy atom. The molecule has 4 heteroatoms. The van der Waals surface area contributed by atoms with E-state index in [9.17, 15) is 5.11 Å². The summed E-state index contributed by atoms with van der Waals surface area (Å²) in [6.07, 6.45) is 1.50. The monoisotopic (exact) mass is 267 g/mol. The van der Waals surface area contributed by atoms with Gasteiger partial charge in [-0.15, -0.1) is 0 Å². The molecule has 0 aliphatic carbocycles. The molecule has 1 rings (SSSR count). The largest absolute Gasteiger partial charge is 0.493 e. The molecule has 108 valence electrons. The van der Waals surface area contributed by atoms with Gasteiger partial charge < -0.3 is 19.9 Å². The van der Waals surface area contributed by atoms with E-state index in [2.05, 4.69) is 5.32 Å². The third kappa shape index (κ3) is 4.40. The van der Waals surface area contributed by atoms with Crippen LogP contribution in [0.25, 0.3) is 0 Å². The van der Waals surface area contributed by atoms with E-state index in [0.717, 1.165) is 29.9 Å². The Kier molecular flexibility index (Phi) is 6.12. The number of nitrogens with one attached hydrogen (secondary N) is 1. The van der Waals surface area contributed by atoms with Crippen LogP contribution in [0.4, 0.5) is 0 Å². The van der Waals surface area contributed by atoms with Gasteiger partial charge in [-0.1, -0.05) is 19.9 Å². The number of aliphatic hydroxyl groups is 1. The fraction of sp³-hybridized carbons (Fsp3) is 0.600. The van der Waals surface area contributed by atoms with E-state index in [1.54, 1.807) is 14.2 Å². The topological polar surface area (TPSA) is 50.7 Å². The molecule has 1 aromatic carbocycles. The van der Waals surface area contributed by atoms with Gasteiger partial charge in [-0.2, -0.15) is 0 Å². The lowest BCUT2D eigenvalue weighted by molar-refractivity contribution is 0.0323. The van der Waals surface area contributed by atoms with E-state index in [4.69, 9.17) is 9.47 Å². The molecule has 0 spiro atoms. The zero-order valence-corrected chi connectivity index (χ0v) is 12.3. The maximum Gasteiger partial charge on any atom is 0.161 e. The Morgan fingerprint density at radius 2 is 1.74 bits per heavy atom. The van der Waals surface area contributed by atoms with Gasteiger partial charge in [-0.3, -0.25) is 0 Å². The average Bonchev–Trinajstić information content (AvgIpc) is 2.46. The van der Waals surface area contributed by atoms with Crippen LogP contribution in [-0.2, 0) is 6.54 Å². The molecule has 0 aliphatic heterocycles. The van der Waals surface area contributed by atoms with Gasteiger partial charge in [0.15, 0.2) is 11.5 Å². The summed E-state index contributed by atoms with van der Waals surface area (Å²) in [4.78, 5) is 0. The molecule has 0 radical (unpaired) electrons. The maximum absolute atomic E-state index is 10.2. The lowest BCUT2D eigenvalue weighted by Gasteiger charge is -2.25. The minimum absolute atomic E-state index is 0.592. The van der Waals surface area contributed by atoms with Gasteiger partial charge in [-0.05, 0) is 30.5 Å². The molecule has 0 unspecified atom stereocenters. The fourth-order valence-corrected chi connectivity index (χ4v) is 1.93. The van der Waals surface area contributed by atoms with Gasteiger partial charge in [0.2, 0.25) is 0 Å². The van der Waals surface area contributed by atoms with E-state index in [-0.39, 0.29) is 0 Å². The van der Waals surface area contributed by atoms with Crippen LogP contribution in [0.1, 0.15) is 32.3 Å². The minimum Gasteiger partial charge on any atom is -0.493 e. The standard InChI is InChI=1S/C15H25NO3/c1-5-15(17,6-2)11-16-10-12-7-8-13(18-3)14(9-12)19-4/h7-9,16-17H,5-6,10-11H2,1-4H3. The third-order valence-electron chi connectivity index (χ3n) is 3.55.